The maximum absolute atomic E-state index is 13.0. The maximum Gasteiger partial charge on any atom is 0.472 e. The molecular formula is C68H122N2O6P+. The topological polar surface area (TPSA) is 105 Å². The molecule has 0 aliphatic heterocycles. The Bertz CT molecular complexity index is 1620. The molecule has 8 nitrogen and oxygen atoms in total. The van der Waals surface area contributed by atoms with E-state index >= 15 is 0 Å². The van der Waals surface area contributed by atoms with Gasteiger partial charge in [0.25, 0.3) is 0 Å². The van der Waals surface area contributed by atoms with Crippen LogP contribution in [-0.4, -0.2) is 73.4 Å². The lowest BCUT2D eigenvalue weighted by Crippen LogP contribution is -2.45. The molecule has 3 unspecified atom stereocenters. The molecule has 0 saturated heterocycles. The number of nitrogens with zero attached hydrogens (tertiary/aromatic N) is 1. The van der Waals surface area contributed by atoms with Crippen LogP contribution in [0.3, 0.4) is 0 Å². The first-order valence-corrected chi connectivity index (χ1v) is 33.3. The third kappa shape index (κ3) is 60.6. The van der Waals surface area contributed by atoms with E-state index in [1.807, 2.05) is 27.2 Å². The van der Waals surface area contributed by atoms with Crippen LogP contribution >= 0.6 is 7.82 Å². The summed E-state index contributed by atoms with van der Waals surface area (Å²) in [4.78, 5) is 23.4. The molecule has 0 rings (SSSR count). The van der Waals surface area contributed by atoms with Crippen molar-refractivity contribution in [2.75, 3.05) is 40.9 Å². The number of amides is 1. The Morgan fingerprint density at radius 1 is 0.455 bits per heavy atom. The van der Waals surface area contributed by atoms with Crippen molar-refractivity contribution in [2.24, 2.45) is 0 Å². The van der Waals surface area contributed by atoms with E-state index < -0.39 is 20.0 Å². The fourth-order valence-corrected chi connectivity index (χ4v) is 9.54. The number of carbonyl (C=O) groups excluding carboxylic acids is 1. The summed E-state index contributed by atoms with van der Waals surface area (Å²) in [5.74, 6) is -0.190. The number of hydrogen-bond donors (Lipinski definition) is 3. The van der Waals surface area contributed by atoms with Crippen molar-refractivity contribution < 1.29 is 32.9 Å². The van der Waals surface area contributed by atoms with Crippen LogP contribution in [-0.2, 0) is 18.4 Å². The van der Waals surface area contributed by atoms with Crippen molar-refractivity contribution in [1.29, 1.82) is 0 Å². The van der Waals surface area contributed by atoms with Gasteiger partial charge >= 0.3 is 7.82 Å². The van der Waals surface area contributed by atoms with Crippen molar-refractivity contribution in [3.63, 3.8) is 0 Å². The average Bonchev–Trinajstić information content (AvgIpc) is 3.39. The van der Waals surface area contributed by atoms with Crippen molar-refractivity contribution in [2.45, 2.75) is 276 Å². The molecule has 0 aromatic heterocycles. The van der Waals surface area contributed by atoms with Crippen LogP contribution in [0.1, 0.15) is 264 Å². The number of rotatable bonds is 57. The molecule has 0 spiro atoms. The van der Waals surface area contributed by atoms with Crippen LogP contribution < -0.4 is 5.32 Å². The van der Waals surface area contributed by atoms with Crippen LogP contribution in [0, 0.1) is 0 Å². The van der Waals surface area contributed by atoms with Gasteiger partial charge in [-0.3, -0.25) is 13.8 Å². The quantitative estimate of drug-likeness (QED) is 0.0243. The van der Waals surface area contributed by atoms with Gasteiger partial charge in [0, 0.05) is 6.42 Å². The highest BCUT2D eigenvalue weighted by atomic mass is 31.2. The molecule has 0 bridgehead atoms. The molecule has 0 fully saturated rings. The maximum atomic E-state index is 13.0. The molecule has 9 heteroatoms. The lowest BCUT2D eigenvalue weighted by atomic mass is 10.0. The minimum absolute atomic E-state index is 0.0521. The number of allylic oxidation sites excluding steroid dienone is 17. The molecule has 0 aliphatic rings. The molecule has 0 radical (unpaired) electrons. The molecule has 0 aromatic rings. The molecule has 77 heavy (non-hydrogen) atoms. The lowest BCUT2D eigenvalue weighted by Gasteiger charge is -2.25. The summed E-state index contributed by atoms with van der Waals surface area (Å²) in [6.07, 6.45) is 84.9. The zero-order valence-corrected chi connectivity index (χ0v) is 51.6. The third-order valence-corrected chi connectivity index (χ3v) is 14.7. The van der Waals surface area contributed by atoms with Crippen LogP contribution in [0.25, 0.3) is 0 Å². The molecule has 444 valence electrons. The lowest BCUT2D eigenvalue weighted by molar-refractivity contribution is -0.870. The zero-order chi connectivity index (χ0) is 56.3. The molecule has 3 N–H and O–H groups in total. The van der Waals surface area contributed by atoms with Crippen molar-refractivity contribution >= 4 is 13.7 Å². The highest BCUT2D eigenvalue weighted by molar-refractivity contribution is 7.47. The fraction of sp³-hybridized carbons (Fsp3) is 0.721. The van der Waals surface area contributed by atoms with Crippen LogP contribution in [0.4, 0.5) is 0 Å². The second-order valence-electron chi connectivity index (χ2n) is 22.4. The van der Waals surface area contributed by atoms with Gasteiger partial charge in [0.05, 0.1) is 39.9 Å². The number of aliphatic hydroxyl groups excluding tert-OH is 1. The van der Waals surface area contributed by atoms with E-state index in [0.717, 1.165) is 83.5 Å². The van der Waals surface area contributed by atoms with Crippen LogP contribution in [0.5, 0.6) is 0 Å². The highest BCUT2D eigenvalue weighted by Crippen LogP contribution is 2.43. The number of likely N-dealkylation sites (N-methyl/N-ethyl adjacent to an activating group) is 1. The number of nitrogens with one attached hydrogen (secondary N) is 1. The molecule has 0 saturated carbocycles. The summed E-state index contributed by atoms with van der Waals surface area (Å²) in [5, 5.41) is 13.9. The Morgan fingerprint density at radius 2 is 0.792 bits per heavy atom. The first-order chi connectivity index (χ1) is 37.5. The van der Waals surface area contributed by atoms with Crippen molar-refractivity contribution in [3.8, 4) is 0 Å². The standard InChI is InChI=1S/C68H121N2O6P/c1-6-8-10-12-14-16-18-20-22-24-26-28-29-30-31-32-33-34-35-36-37-38-39-40-41-42-44-46-48-50-52-54-56-58-60-62-68(72)69-66(65-76-77(73,74)75-64-63-70(3,4)5)67(71)61-59-57-55-53-51-49-47-45-43-27-25-23-21-19-17-15-13-11-9-7-2/h8,10,14,16,20,22,26,28,30-31,33-34,36-37,51,53,59,61,66-67,71H,6-7,9,11-13,15,17-19,21,23-25,27,29,32,35,38-50,52,54-58,60,62-65H2,1-5H3,(H-,69,72,73,74)/p+1/b10-8-,16-14-,22-20-,28-26-,31-30-,34-33-,37-36-,53-51+,61-59+. The first kappa shape index (κ1) is 74.2. The van der Waals surface area contributed by atoms with Crippen molar-refractivity contribution in [3.05, 3.63) is 109 Å². The van der Waals surface area contributed by atoms with E-state index in [2.05, 4.69) is 116 Å². The number of phosphoric acid groups is 1. The Labute approximate surface area is 476 Å². The number of aliphatic hydroxyl groups is 1. The van der Waals surface area contributed by atoms with Gasteiger partial charge in [-0.15, -0.1) is 0 Å². The number of phosphoric ester groups is 1. The van der Waals surface area contributed by atoms with Gasteiger partial charge in [0.2, 0.25) is 5.91 Å². The summed E-state index contributed by atoms with van der Waals surface area (Å²) >= 11 is 0. The minimum Gasteiger partial charge on any atom is -0.387 e. The Morgan fingerprint density at radius 3 is 1.19 bits per heavy atom. The number of hydrogen-bond acceptors (Lipinski definition) is 5. The zero-order valence-electron chi connectivity index (χ0n) is 50.7. The molecule has 1 amide bonds. The van der Waals surface area contributed by atoms with E-state index in [-0.39, 0.29) is 19.1 Å². The first-order valence-electron chi connectivity index (χ1n) is 31.8. The largest absolute Gasteiger partial charge is 0.472 e. The van der Waals surface area contributed by atoms with Crippen LogP contribution in [0.15, 0.2) is 109 Å². The van der Waals surface area contributed by atoms with Gasteiger partial charge in [-0.25, -0.2) is 4.57 Å². The Hall–Kier alpha value is -2.84. The molecule has 0 aromatic carbocycles. The summed E-state index contributed by atoms with van der Waals surface area (Å²) in [7, 11) is 1.55. The second kappa shape index (κ2) is 57.8. The monoisotopic (exact) mass is 1090 g/mol. The van der Waals surface area contributed by atoms with Gasteiger partial charge in [0.15, 0.2) is 0 Å². The number of unbranched alkanes of at least 4 members (excludes halogenated alkanes) is 28. The third-order valence-electron chi connectivity index (χ3n) is 13.7. The van der Waals surface area contributed by atoms with E-state index in [1.165, 1.54) is 161 Å². The average molecular weight is 1090 g/mol. The number of carbonyl (C=O) groups is 1. The second-order valence-corrected chi connectivity index (χ2v) is 23.8. The van der Waals surface area contributed by atoms with E-state index in [4.69, 9.17) is 9.05 Å². The summed E-state index contributed by atoms with van der Waals surface area (Å²) in [6.45, 7) is 4.69. The van der Waals surface area contributed by atoms with Gasteiger partial charge in [0.1, 0.15) is 13.2 Å². The van der Waals surface area contributed by atoms with E-state index in [9.17, 15) is 19.4 Å². The van der Waals surface area contributed by atoms with Gasteiger partial charge < -0.3 is 19.8 Å². The molecular weight excluding hydrogens is 972 g/mol. The van der Waals surface area contributed by atoms with Crippen molar-refractivity contribution in [1.82, 2.24) is 5.32 Å². The normalized spacial score (nSPS) is 14.5. The Kier molecular flexibility index (Phi) is 55.7. The smallest absolute Gasteiger partial charge is 0.387 e. The summed E-state index contributed by atoms with van der Waals surface area (Å²) in [5.41, 5.74) is 0. The predicted molar refractivity (Wildman–Crippen MR) is 336 cm³/mol. The van der Waals surface area contributed by atoms with E-state index in [1.54, 1.807) is 6.08 Å². The number of quaternary nitrogens is 1. The van der Waals surface area contributed by atoms with Gasteiger partial charge in [-0.2, -0.15) is 0 Å². The Balaban J connectivity index is 4.15. The predicted octanol–water partition coefficient (Wildman–Crippen LogP) is 19.9. The van der Waals surface area contributed by atoms with Gasteiger partial charge in [-0.1, -0.05) is 277 Å². The SMILES string of the molecule is CC/C=C\C/C=C\C/C=C\C/C=C\C/C=C\C/C=C\C/C=C\CCCCCCCCCCCCCCCC(=O)NC(COP(=O)(O)OCC[N+](C)(C)C)C(O)/C=C/CC/C=C/CCCCCCCCCCCCCCCC. The van der Waals surface area contributed by atoms with Crippen LogP contribution in [0.2, 0.25) is 0 Å². The van der Waals surface area contributed by atoms with E-state index in [0.29, 0.717) is 17.4 Å². The molecule has 3 atom stereocenters. The van der Waals surface area contributed by atoms with Gasteiger partial charge in [-0.05, 0) is 89.9 Å². The highest BCUT2D eigenvalue weighted by Gasteiger charge is 2.27. The summed E-state index contributed by atoms with van der Waals surface area (Å²) in [6, 6.07) is -0.871. The molecule has 0 heterocycles. The molecule has 0 aliphatic carbocycles. The summed E-state index contributed by atoms with van der Waals surface area (Å²) < 4.78 is 23.7. The minimum atomic E-state index is -4.36. The fourth-order valence-electron chi connectivity index (χ4n) is 8.80.